The highest BCUT2D eigenvalue weighted by atomic mass is 16.6. The van der Waals surface area contributed by atoms with E-state index in [4.69, 9.17) is 4.74 Å². The van der Waals surface area contributed by atoms with Crippen LogP contribution in [0.25, 0.3) is 0 Å². The number of hydrogen-bond donors (Lipinski definition) is 2. The molecule has 23 heavy (non-hydrogen) atoms. The zero-order valence-corrected chi connectivity index (χ0v) is 15.0. The van der Waals surface area contributed by atoms with Gasteiger partial charge in [-0.1, -0.05) is 24.3 Å². The fourth-order valence-corrected chi connectivity index (χ4v) is 2.38. The van der Waals surface area contributed by atoms with Crippen LogP contribution in [-0.2, 0) is 11.3 Å². The van der Waals surface area contributed by atoms with Crippen molar-refractivity contribution in [3.05, 3.63) is 35.4 Å². The zero-order chi connectivity index (χ0) is 17.1. The monoisotopic (exact) mass is 318 g/mol. The summed E-state index contributed by atoms with van der Waals surface area (Å²) in [6, 6.07) is 8.80. The summed E-state index contributed by atoms with van der Waals surface area (Å²) in [4.78, 5) is 11.7. The minimum atomic E-state index is -0.467. The summed E-state index contributed by atoms with van der Waals surface area (Å²) in [5, 5.41) is 6.34. The standard InChI is InChI=1S/C19H30N2O2/c1-18(2,3)23-17(22)20-13-19(4,5)21-12-14-7-6-8-16(11-14)15-9-10-15/h6-8,11,15,21H,9-10,12-13H2,1-5H3,(H,20,22). The zero-order valence-electron chi connectivity index (χ0n) is 15.0. The van der Waals surface area contributed by atoms with Gasteiger partial charge in [-0.3, -0.25) is 0 Å². The molecule has 0 spiro atoms. The summed E-state index contributed by atoms with van der Waals surface area (Å²) < 4.78 is 5.27. The Balaban J connectivity index is 1.79. The summed E-state index contributed by atoms with van der Waals surface area (Å²) in [6.45, 7) is 11.1. The van der Waals surface area contributed by atoms with Gasteiger partial charge in [0.2, 0.25) is 0 Å². The smallest absolute Gasteiger partial charge is 0.407 e. The number of carbonyl (C=O) groups excluding carboxylic acids is 1. The normalized spacial score (nSPS) is 15.3. The van der Waals surface area contributed by atoms with Crippen LogP contribution in [0.5, 0.6) is 0 Å². The maximum atomic E-state index is 11.7. The van der Waals surface area contributed by atoms with Gasteiger partial charge in [0.25, 0.3) is 0 Å². The lowest BCUT2D eigenvalue weighted by molar-refractivity contribution is 0.0513. The van der Waals surface area contributed by atoms with E-state index in [0.29, 0.717) is 6.54 Å². The second-order valence-electron chi connectivity index (χ2n) is 8.11. The summed E-state index contributed by atoms with van der Waals surface area (Å²) in [7, 11) is 0. The SMILES string of the molecule is CC(C)(CNC(=O)OC(C)(C)C)NCc1cccc(C2CC2)c1. The molecule has 1 fully saturated rings. The fraction of sp³-hybridized carbons (Fsp3) is 0.632. The number of amides is 1. The minimum Gasteiger partial charge on any atom is -0.444 e. The van der Waals surface area contributed by atoms with Crippen molar-refractivity contribution in [3.63, 3.8) is 0 Å². The van der Waals surface area contributed by atoms with Gasteiger partial charge in [-0.2, -0.15) is 0 Å². The molecule has 1 aromatic rings. The first-order valence-corrected chi connectivity index (χ1v) is 8.45. The maximum Gasteiger partial charge on any atom is 0.407 e. The topological polar surface area (TPSA) is 50.4 Å². The third kappa shape index (κ3) is 6.61. The van der Waals surface area contributed by atoms with E-state index in [9.17, 15) is 4.79 Å². The van der Waals surface area contributed by atoms with Crippen molar-refractivity contribution in [1.82, 2.24) is 10.6 Å². The van der Waals surface area contributed by atoms with Crippen LogP contribution < -0.4 is 10.6 Å². The fourth-order valence-electron chi connectivity index (χ4n) is 2.38. The van der Waals surface area contributed by atoms with Gasteiger partial charge < -0.3 is 15.4 Å². The molecule has 1 saturated carbocycles. The second kappa shape index (κ2) is 6.91. The number of hydrogen-bond acceptors (Lipinski definition) is 3. The van der Waals surface area contributed by atoms with Gasteiger partial charge in [-0.05, 0) is 64.5 Å². The molecule has 2 N–H and O–H groups in total. The van der Waals surface area contributed by atoms with Gasteiger partial charge in [0.05, 0.1) is 0 Å². The number of benzene rings is 1. The van der Waals surface area contributed by atoms with Crippen molar-refractivity contribution in [2.75, 3.05) is 6.54 Å². The molecule has 1 aromatic carbocycles. The number of nitrogens with one attached hydrogen (secondary N) is 2. The van der Waals surface area contributed by atoms with Crippen LogP contribution in [0.3, 0.4) is 0 Å². The molecule has 0 heterocycles. The third-order valence-corrected chi connectivity index (χ3v) is 3.84. The van der Waals surface area contributed by atoms with Gasteiger partial charge in [0, 0.05) is 18.6 Å². The van der Waals surface area contributed by atoms with Crippen molar-refractivity contribution in [1.29, 1.82) is 0 Å². The lowest BCUT2D eigenvalue weighted by Crippen LogP contribution is -2.49. The molecule has 1 aliphatic carbocycles. The molecule has 4 nitrogen and oxygen atoms in total. The van der Waals surface area contributed by atoms with Crippen LogP contribution >= 0.6 is 0 Å². The average Bonchev–Trinajstić information content (AvgIpc) is 3.26. The number of rotatable bonds is 6. The Labute approximate surface area is 140 Å². The van der Waals surface area contributed by atoms with Gasteiger partial charge in [-0.25, -0.2) is 4.79 Å². The van der Waals surface area contributed by atoms with Gasteiger partial charge in [0.1, 0.15) is 5.60 Å². The molecule has 0 unspecified atom stereocenters. The first kappa shape index (κ1) is 17.8. The van der Waals surface area contributed by atoms with Crippen LogP contribution in [0.15, 0.2) is 24.3 Å². The Morgan fingerprint density at radius 1 is 1.22 bits per heavy atom. The molecule has 0 atom stereocenters. The van der Waals surface area contributed by atoms with Crippen LogP contribution in [0.1, 0.15) is 64.5 Å². The molecular weight excluding hydrogens is 288 g/mol. The lowest BCUT2D eigenvalue weighted by Gasteiger charge is -2.28. The van der Waals surface area contributed by atoms with Gasteiger partial charge in [-0.15, -0.1) is 0 Å². The molecular formula is C19H30N2O2. The molecule has 0 bridgehead atoms. The number of ether oxygens (including phenoxy) is 1. The summed E-state index contributed by atoms with van der Waals surface area (Å²) in [5.41, 5.74) is 2.07. The molecule has 2 rings (SSSR count). The van der Waals surface area contributed by atoms with E-state index in [1.807, 2.05) is 20.8 Å². The van der Waals surface area contributed by atoms with Crippen LogP contribution in [0, 0.1) is 0 Å². The van der Waals surface area contributed by atoms with Gasteiger partial charge >= 0.3 is 6.09 Å². The summed E-state index contributed by atoms with van der Waals surface area (Å²) in [6.07, 6.45) is 2.27. The summed E-state index contributed by atoms with van der Waals surface area (Å²) >= 11 is 0. The molecule has 128 valence electrons. The van der Waals surface area contributed by atoms with Crippen molar-refractivity contribution in [2.24, 2.45) is 0 Å². The first-order chi connectivity index (χ1) is 10.6. The molecule has 0 aromatic heterocycles. The highest BCUT2D eigenvalue weighted by Crippen LogP contribution is 2.40. The quantitative estimate of drug-likeness (QED) is 0.835. The highest BCUT2D eigenvalue weighted by molar-refractivity contribution is 5.67. The summed E-state index contributed by atoms with van der Waals surface area (Å²) in [5.74, 6) is 0.775. The lowest BCUT2D eigenvalue weighted by atomic mass is 10.0. The van der Waals surface area contributed by atoms with E-state index >= 15 is 0 Å². The molecule has 4 heteroatoms. The van der Waals surface area contributed by atoms with E-state index in [-0.39, 0.29) is 11.6 Å². The predicted molar refractivity (Wildman–Crippen MR) is 93.6 cm³/mol. The Kier molecular flexibility index (Phi) is 5.35. The maximum absolute atomic E-state index is 11.7. The van der Waals surface area contributed by atoms with E-state index in [0.717, 1.165) is 12.5 Å². The van der Waals surface area contributed by atoms with E-state index in [2.05, 4.69) is 48.7 Å². The molecule has 0 radical (unpaired) electrons. The average molecular weight is 318 g/mol. The minimum absolute atomic E-state index is 0.202. The van der Waals surface area contributed by atoms with Crippen LogP contribution in [0.4, 0.5) is 4.79 Å². The molecule has 0 aliphatic heterocycles. The van der Waals surface area contributed by atoms with E-state index < -0.39 is 5.60 Å². The van der Waals surface area contributed by atoms with Gasteiger partial charge in [0.15, 0.2) is 0 Å². The Morgan fingerprint density at radius 3 is 2.52 bits per heavy atom. The van der Waals surface area contributed by atoms with Crippen LogP contribution in [0.2, 0.25) is 0 Å². The van der Waals surface area contributed by atoms with Crippen molar-refractivity contribution in [3.8, 4) is 0 Å². The largest absolute Gasteiger partial charge is 0.444 e. The molecule has 1 amide bonds. The predicted octanol–water partition coefficient (Wildman–Crippen LogP) is 3.96. The van der Waals surface area contributed by atoms with Crippen LogP contribution in [-0.4, -0.2) is 23.8 Å². The first-order valence-electron chi connectivity index (χ1n) is 8.45. The Bertz CT molecular complexity index is 543. The van der Waals surface area contributed by atoms with Crippen molar-refractivity contribution >= 4 is 6.09 Å². The Hall–Kier alpha value is -1.55. The van der Waals surface area contributed by atoms with E-state index in [1.165, 1.54) is 24.0 Å². The van der Waals surface area contributed by atoms with Crippen molar-refractivity contribution < 1.29 is 9.53 Å². The number of carbonyl (C=O) groups is 1. The second-order valence-corrected chi connectivity index (χ2v) is 8.11. The molecule has 1 aliphatic rings. The van der Waals surface area contributed by atoms with E-state index in [1.54, 1.807) is 0 Å². The molecule has 0 saturated heterocycles. The Morgan fingerprint density at radius 2 is 1.91 bits per heavy atom. The third-order valence-electron chi connectivity index (χ3n) is 3.84. The highest BCUT2D eigenvalue weighted by Gasteiger charge is 2.24. The van der Waals surface area contributed by atoms with Crippen molar-refractivity contribution in [2.45, 2.75) is 71.1 Å². The number of alkyl carbamates (subject to hydrolysis) is 1.